The lowest BCUT2D eigenvalue weighted by molar-refractivity contribution is -0.134. The minimum absolute atomic E-state index is 0.231. The molecule has 1 aromatic heterocycles. The lowest BCUT2D eigenvalue weighted by Crippen LogP contribution is -2.47. The second-order valence-electron chi connectivity index (χ2n) is 4.83. The number of aryl methyl sites for hydroxylation is 1. The van der Waals surface area contributed by atoms with Crippen LogP contribution in [0.1, 0.15) is 31.2 Å². The van der Waals surface area contributed by atoms with Crippen LogP contribution in [0.3, 0.4) is 0 Å². The third-order valence-corrected chi connectivity index (χ3v) is 3.57. The van der Waals surface area contributed by atoms with E-state index in [9.17, 15) is 4.79 Å². The third kappa shape index (κ3) is 3.29. The molecule has 18 heavy (non-hydrogen) atoms. The molecule has 2 N–H and O–H groups in total. The van der Waals surface area contributed by atoms with Gasteiger partial charge in [-0.3, -0.25) is 9.78 Å². The highest BCUT2D eigenvalue weighted by atomic mass is 16.2. The van der Waals surface area contributed by atoms with Crippen LogP contribution < -0.4 is 5.73 Å². The molecule has 1 saturated heterocycles. The van der Waals surface area contributed by atoms with Crippen LogP contribution in [0.4, 0.5) is 0 Å². The van der Waals surface area contributed by atoms with Crippen LogP contribution in [0.5, 0.6) is 0 Å². The quantitative estimate of drug-likeness (QED) is 0.873. The van der Waals surface area contributed by atoms with E-state index in [1.54, 1.807) is 6.20 Å². The Hall–Kier alpha value is -1.42. The van der Waals surface area contributed by atoms with Gasteiger partial charge in [-0.15, -0.1) is 0 Å². The maximum Gasteiger partial charge on any atom is 0.223 e. The van der Waals surface area contributed by atoms with E-state index < -0.39 is 0 Å². The average molecular weight is 247 g/mol. The zero-order chi connectivity index (χ0) is 12.8. The van der Waals surface area contributed by atoms with E-state index in [0.29, 0.717) is 13.0 Å². The van der Waals surface area contributed by atoms with E-state index in [4.69, 9.17) is 5.73 Å². The number of carbonyl (C=O) groups is 1. The van der Waals surface area contributed by atoms with E-state index in [1.807, 2.05) is 23.2 Å². The molecule has 0 radical (unpaired) electrons. The fourth-order valence-corrected chi connectivity index (χ4v) is 2.51. The number of nitrogens with two attached hydrogens (primary N) is 1. The van der Waals surface area contributed by atoms with Gasteiger partial charge in [-0.25, -0.2) is 0 Å². The molecule has 0 spiro atoms. The van der Waals surface area contributed by atoms with E-state index in [2.05, 4.69) is 4.98 Å². The van der Waals surface area contributed by atoms with Crippen LogP contribution in [0.15, 0.2) is 24.5 Å². The van der Waals surface area contributed by atoms with Crippen molar-refractivity contribution in [3.8, 4) is 0 Å². The summed E-state index contributed by atoms with van der Waals surface area (Å²) in [7, 11) is 0. The SMILES string of the molecule is NCC1CCCCN1C(=O)CCc1cccnc1. The Bertz CT molecular complexity index is 380. The molecule has 1 aliphatic heterocycles. The Morgan fingerprint density at radius 2 is 2.39 bits per heavy atom. The van der Waals surface area contributed by atoms with Crippen molar-refractivity contribution in [3.05, 3.63) is 30.1 Å². The molecule has 1 atom stereocenters. The van der Waals surface area contributed by atoms with Gasteiger partial charge in [-0.1, -0.05) is 6.07 Å². The summed E-state index contributed by atoms with van der Waals surface area (Å²) in [6.45, 7) is 1.45. The van der Waals surface area contributed by atoms with Gasteiger partial charge in [-0.05, 0) is 37.3 Å². The average Bonchev–Trinajstić information content (AvgIpc) is 2.45. The van der Waals surface area contributed by atoms with E-state index >= 15 is 0 Å². The number of hydrogen-bond donors (Lipinski definition) is 1. The summed E-state index contributed by atoms with van der Waals surface area (Å²) in [5.74, 6) is 0.231. The Kier molecular flexibility index (Phi) is 4.70. The van der Waals surface area contributed by atoms with Gasteiger partial charge in [0.2, 0.25) is 5.91 Å². The number of pyridine rings is 1. The van der Waals surface area contributed by atoms with Crippen molar-refractivity contribution >= 4 is 5.91 Å². The first-order valence-electron chi connectivity index (χ1n) is 6.69. The summed E-state index contributed by atoms with van der Waals surface area (Å²) in [6, 6.07) is 4.17. The predicted octanol–water partition coefficient (Wildman–Crippen LogP) is 1.35. The number of aromatic nitrogens is 1. The lowest BCUT2D eigenvalue weighted by Gasteiger charge is -2.35. The zero-order valence-corrected chi connectivity index (χ0v) is 10.7. The molecule has 2 heterocycles. The summed E-state index contributed by atoms with van der Waals surface area (Å²) in [5, 5.41) is 0. The van der Waals surface area contributed by atoms with Gasteiger partial charge >= 0.3 is 0 Å². The standard InChI is InChI=1S/C14H21N3O/c15-10-13-5-1-2-9-17(13)14(18)7-6-12-4-3-8-16-11-12/h3-4,8,11,13H,1-2,5-7,9-10,15H2. The molecule has 1 amide bonds. The van der Waals surface area contributed by atoms with Crippen molar-refractivity contribution in [1.82, 2.24) is 9.88 Å². The first-order valence-corrected chi connectivity index (χ1v) is 6.69. The number of carbonyl (C=O) groups excluding carboxylic acids is 1. The third-order valence-electron chi connectivity index (χ3n) is 3.57. The number of hydrogen-bond acceptors (Lipinski definition) is 3. The zero-order valence-electron chi connectivity index (χ0n) is 10.7. The number of rotatable bonds is 4. The van der Waals surface area contributed by atoms with E-state index in [1.165, 1.54) is 6.42 Å². The Labute approximate surface area is 108 Å². The molecule has 0 bridgehead atoms. The minimum Gasteiger partial charge on any atom is -0.338 e. The molecular formula is C14H21N3O. The van der Waals surface area contributed by atoms with Crippen LogP contribution >= 0.6 is 0 Å². The Morgan fingerprint density at radius 1 is 1.50 bits per heavy atom. The molecule has 4 nitrogen and oxygen atoms in total. The Balaban J connectivity index is 1.87. The molecule has 0 aromatic carbocycles. The monoisotopic (exact) mass is 247 g/mol. The predicted molar refractivity (Wildman–Crippen MR) is 71.0 cm³/mol. The summed E-state index contributed by atoms with van der Waals surface area (Å²) < 4.78 is 0. The maximum atomic E-state index is 12.2. The van der Waals surface area contributed by atoms with E-state index in [-0.39, 0.29) is 11.9 Å². The molecule has 0 saturated carbocycles. The number of nitrogens with zero attached hydrogens (tertiary/aromatic N) is 2. The molecule has 4 heteroatoms. The van der Waals surface area contributed by atoms with Crippen molar-refractivity contribution in [1.29, 1.82) is 0 Å². The van der Waals surface area contributed by atoms with Crippen molar-refractivity contribution in [2.75, 3.05) is 13.1 Å². The van der Waals surface area contributed by atoms with Gasteiger partial charge in [0.15, 0.2) is 0 Å². The fourth-order valence-electron chi connectivity index (χ4n) is 2.51. The second kappa shape index (κ2) is 6.50. The molecule has 1 fully saturated rings. The van der Waals surface area contributed by atoms with Crippen LogP contribution in [0.2, 0.25) is 0 Å². The topological polar surface area (TPSA) is 59.2 Å². The fraction of sp³-hybridized carbons (Fsp3) is 0.571. The second-order valence-corrected chi connectivity index (χ2v) is 4.83. The van der Waals surface area contributed by atoms with Crippen LogP contribution in [0.25, 0.3) is 0 Å². The van der Waals surface area contributed by atoms with Gasteiger partial charge in [0.1, 0.15) is 0 Å². The van der Waals surface area contributed by atoms with Gasteiger partial charge in [-0.2, -0.15) is 0 Å². The number of amides is 1. The molecule has 2 rings (SSSR count). The molecule has 1 aliphatic rings. The van der Waals surface area contributed by atoms with Crippen molar-refractivity contribution < 1.29 is 4.79 Å². The highest BCUT2D eigenvalue weighted by molar-refractivity contribution is 5.77. The summed E-state index contributed by atoms with van der Waals surface area (Å²) >= 11 is 0. The molecule has 0 aliphatic carbocycles. The van der Waals surface area contributed by atoms with Crippen molar-refractivity contribution in [2.24, 2.45) is 5.73 Å². The molecule has 98 valence electrons. The normalized spacial score (nSPS) is 19.8. The first kappa shape index (κ1) is 13.0. The summed E-state index contributed by atoms with van der Waals surface area (Å²) in [5.41, 5.74) is 6.85. The van der Waals surface area contributed by atoms with Crippen LogP contribution in [-0.4, -0.2) is 34.9 Å². The van der Waals surface area contributed by atoms with Gasteiger partial charge in [0, 0.05) is 37.9 Å². The summed E-state index contributed by atoms with van der Waals surface area (Å²) in [6.07, 6.45) is 8.24. The minimum atomic E-state index is 0.231. The van der Waals surface area contributed by atoms with Gasteiger partial charge in [0.25, 0.3) is 0 Å². The van der Waals surface area contributed by atoms with Gasteiger partial charge in [0.05, 0.1) is 0 Å². The molecule has 1 aromatic rings. The summed E-state index contributed by atoms with van der Waals surface area (Å²) in [4.78, 5) is 18.2. The smallest absolute Gasteiger partial charge is 0.223 e. The van der Waals surface area contributed by atoms with Crippen molar-refractivity contribution in [2.45, 2.75) is 38.1 Å². The maximum absolute atomic E-state index is 12.2. The number of likely N-dealkylation sites (tertiary alicyclic amines) is 1. The number of piperidine rings is 1. The highest BCUT2D eigenvalue weighted by Gasteiger charge is 2.24. The Morgan fingerprint density at radius 3 is 3.11 bits per heavy atom. The van der Waals surface area contributed by atoms with Crippen molar-refractivity contribution in [3.63, 3.8) is 0 Å². The van der Waals surface area contributed by atoms with E-state index in [0.717, 1.165) is 31.4 Å². The molecule has 1 unspecified atom stereocenters. The van der Waals surface area contributed by atoms with Gasteiger partial charge < -0.3 is 10.6 Å². The largest absolute Gasteiger partial charge is 0.338 e. The first-order chi connectivity index (χ1) is 8.81. The lowest BCUT2D eigenvalue weighted by atomic mass is 10.0. The highest BCUT2D eigenvalue weighted by Crippen LogP contribution is 2.17. The van der Waals surface area contributed by atoms with Crippen LogP contribution in [-0.2, 0) is 11.2 Å². The van der Waals surface area contributed by atoms with Crippen LogP contribution in [0, 0.1) is 0 Å². The molecular weight excluding hydrogens is 226 g/mol.